The lowest BCUT2D eigenvalue weighted by atomic mass is 9.87. The standard InChI is InChI=1S/C14H18N3O/c1-14(2,3)12-9-18-13-15-17(10-16(12)13)11-7-5-4-6-8-11/h4-8,10,12H,9H2,1-3H3/q+1/t12-/m1/s1. The molecule has 0 amide bonds. The first-order chi connectivity index (χ1) is 8.55. The zero-order chi connectivity index (χ0) is 12.8. The van der Waals surface area contributed by atoms with Gasteiger partial charge in [-0.2, -0.15) is 4.57 Å². The van der Waals surface area contributed by atoms with Gasteiger partial charge in [-0.1, -0.05) is 43.7 Å². The minimum atomic E-state index is 0.167. The van der Waals surface area contributed by atoms with Crippen molar-refractivity contribution in [3.8, 4) is 11.7 Å². The predicted octanol–water partition coefficient (Wildman–Crippen LogP) is 2.14. The maximum Gasteiger partial charge on any atom is 0.427 e. The molecule has 4 nitrogen and oxygen atoms in total. The molecule has 0 unspecified atom stereocenters. The molecule has 3 rings (SSSR count). The summed E-state index contributed by atoms with van der Waals surface area (Å²) in [5.41, 5.74) is 1.22. The van der Waals surface area contributed by atoms with Crippen LogP contribution in [0, 0.1) is 5.41 Å². The van der Waals surface area contributed by atoms with Crippen molar-refractivity contribution in [1.82, 2.24) is 9.67 Å². The van der Waals surface area contributed by atoms with Gasteiger partial charge in [0, 0.05) is 10.5 Å². The van der Waals surface area contributed by atoms with Gasteiger partial charge in [-0.05, 0) is 12.1 Å². The van der Waals surface area contributed by atoms with E-state index in [0.717, 1.165) is 5.69 Å². The van der Waals surface area contributed by atoms with Crippen molar-refractivity contribution in [2.45, 2.75) is 26.8 Å². The molecule has 1 aromatic heterocycles. The molecule has 4 heteroatoms. The molecule has 0 saturated carbocycles. The summed E-state index contributed by atoms with van der Waals surface area (Å²) in [5, 5.41) is 4.48. The molecular weight excluding hydrogens is 226 g/mol. The third-order valence-corrected chi connectivity index (χ3v) is 3.37. The van der Waals surface area contributed by atoms with Crippen LogP contribution < -0.4 is 9.42 Å². The van der Waals surface area contributed by atoms with E-state index in [2.05, 4.69) is 30.4 Å². The summed E-state index contributed by atoms with van der Waals surface area (Å²) in [4.78, 5) is 0. The van der Waals surface area contributed by atoms with Crippen LogP contribution in [-0.2, 0) is 0 Å². The van der Waals surface area contributed by atoms with E-state index in [4.69, 9.17) is 4.74 Å². The first-order valence-electron chi connectivity index (χ1n) is 6.25. The number of ether oxygens (including phenoxy) is 1. The van der Waals surface area contributed by atoms with Gasteiger partial charge in [-0.15, -0.1) is 0 Å². The summed E-state index contributed by atoms with van der Waals surface area (Å²) in [6, 6.07) is 11.1. The second kappa shape index (κ2) is 3.83. The second-order valence-electron chi connectivity index (χ2n) is 5.78. The Morgan fingerprint density at radius 2 is 2.00 bits per heavy atom. The summed E-state index contributed by atoms with van der Waals surface area (Å²) in [5.74, 6) is 0. The monoisotopic (exact) mass is 244 g/mol. The predicted molar refractivity (Wildman–Crippen MR) is 67.7 cm³/mol. The highest BCUT2D eigenvalue weighted by molar-refractivity contribution is 5.21. The van der Waals surface area contributed by atoms with Crippen molar-refractivity contribution in [2.75, 3.05) is 6.61 Å². The van der Waals surface area contributed by atoms with Crippen LogP contribution in [0.15, 0.2) is 36.7 Å². The average Bonchev–Trinajstić information content (AvgIpc) is 2.87. The van der Waals surface area contributed by atoms with Crippen molar-refractivity contribution in [1.29, 1.82) is 0 Å². The second-order valence-corrected chi connectivity index (χ2v) is 5.78. The molecule has 18 heavy (non-hydrogen) atoms. The molecule has 0 N–H and O–H groups in total. The lowest BCUT2D eigenvalue weighted by Gasteiger charge is -2.21. The number of aromatic nitrogens is 3. The fraction of sp³-hybridized carbons (Fsp3) is 0.429. The highest BCUT2D eigenvalue weighted by Crippen LogP contribution is 2.36. The molecule has 0 saturated heterocycles. The quantitative estimate of drug-likeness (QED) is 0.720. The number of fused-ring (bicyclic) bond motifs is 1. The summed E-state index contributed by atoms with van der Waals surface area (Å²) in [6.45, 7) is 7.39. The highest BCUT2D eigenvalue weighted by Gasteiger charge is 2.40. The van der Waals surface area contributed by atoms with Crippen LogP contribution in [-0.4, -0.2) is 16.3 Å². The summed E-state index contributed by atoms with van der Waals surface area (Å²) in [7, 11) is 0. The van der Waals surface area contributed by atoms with Crippen molar-refractivity contribution in [3.63, 3.8) is 0 Å². The van der Waals surface area contributed by atoms with Crippen LogP contribution in [0.2, 0.25) is 0 Å². The van der Waals surface area contributed by atoms with E-state index in [-0.39, 0.29) is 5.41 Å². The maximum atomic E-state index is 5.67. The minimum absolute atomic E-state index is 0.167. The molecule has 0 fully saturated rings. The average molecular weight is 244 g/mol. The first kappa shape index (κ1) is 11.3. The van der Waals surface area contributed by atoms with Crippen LogP contribution in [0.25, 0.3) is 5.69 Å². The fourth-order valence-corrected chi connectivity index (χ4v) is 2.26. The van der Waals surface area contributed by atoms with E-state index < -0.39 is 0 Å². The van der Waals surface area contributed by atoms with Gasteiger partial charge in [-0.25, -0.2) is 0 Å². The Morgan fingerprint density at radius 1 is 1.28 bits per heavy atom. The minimum Gasteiger partial charge on any atom is -0.441 e. The van der Waals surface area contributed by atoms with Crippen LogP contribution in [0.5, 0.6) is 6.01 Å². The Balaban J connectivity index is 2.00. The number of hydrogen-bond donors (Lipinski definition) is 0. The lowest BCUT2D eigenvalue weighted by Crippen LogP contribution is -2.34. The lowest BCUT2D eigenvalue weighted by molar-refractivity contribution is -0.658. The van der Waals surface area contributed by atoms with Crippen molar-refractivity contribution >= 4 is 0 Å². The molecular formula is C14H18N3O+. The maximum absolute atomic E-state index is 5.67. The SMILES string of the molecule is CC(C)(C)[C@H]1COc2n[n+](-c3ccccc3)cn21. The Morgan fingerprint density at radius 3 is 2.67 bits per heavy atom. The molecule has 2 heterocycles. The Bertz CT molecular complexity index is 554. The first-order valence-corrected chi connectivity index (χ1v) is 6.25. The molecule has 0 radical (unpaired) electrons. The zero-order valence-electron chi connectivity index (χ0n) is 11.0. The summed E-state index contributed by atoms with van der Waals surface area (Å²) < 4.78 is 9.67. The van der Waals surface area contributed by atoms with Crippen molar-refractivity contribution in [3.05, 3.63) is 36.7 Å². The summed E-state index contributed by atoms with van der Waals surface area (Å²) >= 11 is 0. The van der Waals surface area contributed by atoms with Gasteiger partial charge in [0.05, 0.1) is 0 Å². The third kappa shape index (κ3) is 1.78. The third-order valence-electron chi connectivity index (χ3n) is 3.37. The van der Waals surface area contributed by atoms with Gasteiger partial charge >= 0.3 is 6.01 Å². The van der Waals surface area contributed by atoms with E-state index in [0.29, 0.717) is 18.7 Å². The topological polar surface area (TPSA) is 30.9 Å². The zero-order valence-corrected chi connectivity index (χ0v) is 11.0. The van der Waals surface area contributed by atoms with Crippen LogP contribution in [0.3, 0.4) is 0 Å². The highest BCUT2D eigenvalue weighted by atomic mass is 16.5. The van der Waals surface area contributed by atoms with Crippen molar-refractivity contribution in [2.24, 2.45) is 5.41 Å². The van der Waals surface area contributed by atoms with E-state index in [9.17, 15) is 0 Å². The molecule has 0 aliphatic carbocycles. The molecule has 1 atom stereocenters. The van der Waals surface area contributed by atoms with E-state index in [1.165, 1.54) is 0 Å². The Labute approximate surface area is 107 Å². The molecule has 94 valence electrons. The molecule has 2 aromatic rings. The summed E-state index contributed by atoms with van der Waals surface area (Å²) in [6.07, 6.45) is 2.02. The normalized spacial score (nSPS) is 18.5. The van der Waals surface area contributed by atoms with Crippen LogP contribution in [0.4, 0.5) is 0 Å². The molecule has 1 aliphatic rings. The fourth-order valence-electron chi connectivity index (χ4n) is 2.26. The largest absolute Gasteiger partial charge is 0.441 e. The van der Waals surface area contributed by atoms with Gasteiger partial charge in [0.1, 0.15) is 12.6 Å². The van der Waals surface area contributed by atoms with Gasteiger partial charge in [-0.3, -0.25) is 0 Å². The van der Waals surface area contributed by atoms with Gasteiger partial charge < -0.3 is 4.74 Å². The van der Waals surface area contributed by atoms with Gasteiger partial charge in [0.15, 0.2) is 5.69 Å². The van der Waals surface area contributed by atoms with E-state index >= 15 is 0 Å². The number of hydrogen-bond acceptors (Lipinski definition) is 2. The number of rotatable bonds is 1. The molecule has 0 spiro atoms. The van der Waals surface area contributed by atoms with Gasteiger partial charge in [0.2, 0.25) is 0 Å². The number of nitrogens with zero attached hydrogens (tertiary/aromatic N) is 3. The molecule has 0 bridgehead atoms. The number of para-hydroxylation sites is 1. The molecule has 1 aromatic carbocycles. The van der Waals surface area contributed by atoms with E-state index in [1.807, 2.05) is 41.3 Å². The Kier molecular flexibility index (Phi) is 2.40. The van der Waals surface area contributed by atoms with E-state index in [1.54, 1.807) is 0 Å². The van der Waals surface area contributed by atoms with Gasteiger partial charge in [0.25, 0.3) is 6.33 Å². The number of benzene rings is 1. The van der Waals surface area contributed by atoms with Crippen LogP contribution >= 0.6 is 0 Å². The van der Waals surface area contributed by atoms with Crippen molar-refractivity contribution < 1.29 is 9.42 Å². The molecule has 1 aliphatic heterocycles. The van der Waals surface area contributed by atoms with Crippen LogP contribution in [0.1, 0.15) is 26.8 Å². The smallest absolute Gasteiger partial charge is 0.427 e. The Hall–Kier alpha value is -1.84.